The van der Waals surface area contributed by atoms with Gasteiger partial charge in [-0.1, -0.05) is 23.5 Å². The summed E-state index contributed by atoms with van der Waals surface area (Å²) in [4.78, 5) is 21.0. The van der Waals surface area contributed by atoms with E-state index in [-0.39, 0.29) is 11.7 Å². The van der Waals surface area contributed by atoms with E-state index in [9.17, 15) is 9.18 Å². The van der Waals surface area contributed by atoms with E-state index in [4.69, 9.17) is 4.74 Å². The molecule has 1 fully saturated rings. The van der Waals surface area contributed by atoms with Crippen LogP contribution in [0.15, 0.2) is 36.4 Å². The Morgan fingerprint density at radius 3 is 2.72 bits per heavy atom. The van der Waals surface area contributed by atoms with Gasteiger partial charge in [-0.15, -0.1) is 0 Å². The fourth-order valence-electron chi connectivity index (χ4n) is 3.51. The van der Waals surface area contributed by atoms with Crippen molar-refractivity contribution in [2.75, 3.05) is 44.3 Å². The number of nitrogens with zero attached hydrogens (tertiary/aromatic N) is 2. The van der Waals surface area contributed by atoms with Crippen molar-refractivity contribution in [2.24, 2.45) is 0 Å². The molecule has 4 rings (SSSR count). The van der Waals surface area contributed by atoms with E-state index in [1.807, 2.05) is 38.1 Å². The number of carbonyl (C=O) groups excluding carboxylic acids is 1. The minimum atomic E-state index is -0.359. The van der Waals surface area contributed by atoms with E-state index in [2.05, 4.69) is 4.98 Å². The molecule has 0 spiro atoms. The molecule has 0 radical (unpaired) electrons. The first-order valence-electron chi connectivity index (χ1n) is 9.88. The normalized spacial score (nSPS) is 15.0. The van der Waals surface area contributed by atoms with Crippen LogP contribution in [-0.2, 0) is 4.74 Å². The predicted molar refractivity (Wildman–Crippen MR) is 114 cm³/mol. The van der Waals surface area contributed by atoms with Crippen molar-refractivity contribution in [1.82, 2.24) is 4.98 Å². The van der Waals surface area contributed by atoms with E-state index in [0.29, 0.717) is 22.8 Å². The summed E-state index contributed by atoms with van der Waals surface area (Å²) in [6.07, 6.45) is 0. The van der Waals surface area contributed by atoms with Crippen LogP contribution in [0.4, 0.5) is 9.52 Å². The average molecular weight is 415 g/mol. The van der Waals surface area contributed by atoms with Gasteiger partial charge >= 0.3 is 0 Å². The molecule has 152 valence electrons. The van der Waals surface area contributed by atoms with Crippen LogP contribution in [-0.4, -0.2) is 50.3 Å². The number of hydrogen-bond donors (Lipinski definition) is 1. The fraction of sp³-hybridized carbons (Fsp3) is 0.364. The van der Waals surface area contributed by atoms with Crippen LogP contribution in [0, 0.1) is 19.7 Å². The molecule has 7 heteroatoms. The molecule has 1 N–H and O–H groups in total. The summed E-state index contributed by atoms with van der Waals surface area (Å²) in [5.74, 6) is -0.456. The average Bonchev–Trinajstić information content (AvgIpc) is 3.16. The Labute approximate surface area is 173 Å². The minimum absolute atomic E-state index is 0.0970. The van der Waals surface area contributed by atoms with Crippen LogP contribution in [0.1, 0.15) is 21.5 Å². The number of carbonyl (C=O) groups is 1. The molecule has 3 aromatic rings. The Hall–Kier alpha value is -2.35. The van der Waals surface area contributed by atoms with Crippen molar-refractivity contribution in [3.05, 3.63) is 58.9 Å². The number of quaternary nitrogens is 1. The number of aromatic nitrogens is 1. The summed E-state index contributed by atoms with van der Waals surface area (Å²) in [7, 11) is 0. The zero-order chi connectivity index (χ0) is 20.4. The van der Waals surface area contributed by atoms with Crippen molar-refractivity contribution in [1.29, 1.82) is 0 Å². The number of ether oxygens (including phenoxy) is 1. The molecular weight excluding hydrogens is 389 g/mol. The molecule has 1 aliphatic heterocycles. The predicted octanol–water partition coefficient (Wildman–Crippen LogP) is 2.61. The lowest BCUT2D eigenvalue weighted by Crippen LogP contribution is -3.14. The molecule has 0 saturated carbocycles. The molecule has 0 unspecified atom stereocenters. The number of para-hydroxylation sites is 1. The standard InChI is InChI=1S/C22H24FN3O2S/c1-15-6-7-17(14-16(15)2)21(27)26(9-8-25-10-12-28-13-11-25)22-24-20-18(23)4-3-5-19(20)29-22/h3-7,14H,8-13H2,1-2H3/p+1. The third-order valence-electron chi connectivity index (χ3n) is 5.48. The number of anilines is 1. The van der Waals surface area contributed by atoms with Crippen LogP contribution < -0.4 is 9.80 Å². The largest absolute Gasteiger partial charge is 0.370 e. The van der Waals surface area contributed by atoms with Crippen LogP contribution >= 0.6 is 11.3 Å². The number of fused-ring (bicyclic) bond motifs is 1. The number of aryl methyl sites for hydroxylation is 2. The molecule has 5 nitrogen and oxygen atoms in total. The maximum absolute atomic E-state index is 14.2. The van der Waals surface area contributed by atoms with Gasteiger partial charge in [0.15, 0.2) is 5.13 Å². The van der Waals surface area contributed by atoms with Crippen LogP contribution in [0.25, 0.3) is 10.2 Å². The third-order valence-corrected chi connectivity index (χ3v) is 6.52. The van der Waals surface area contributed by atoms with Crippen LogP contribution in [0.3, 0.4) is 0 Å². The second-order valence-corrected chi connectivity index (χ2v) is 8.46. The first-order valence-corrected chi connectivity index (χ1v) is 10.7. The van der Waals surface area contributed by atoms with Gasteiger partial charge in [-0.3, -0.25) is 9.69 Å². The zero-order valence-electron chi connectivity index (χ0n) is 16.7. The molecule has 1 saturated heterocycles. The van der Waals surface area contributed by atoms with Gasteiger partial charge in [0.25, 0.3) is 5.91 Å². The van der Waals surface area contributed by atoms with Crippen LogP contribution in [0.5, 0.6) is 0 Å². The molecule has 29 heavy (non-hydrogen) atoms. The highest BCUT2D eigenvalue weighted by atomic mass is 32.1. The Morgan fingerprint density at radius 2 is 2.00 bits per heavy atom. The van der Waals surface area contributed by atoms with Gasteiger partial charge in [0.1, 0.15) is 24.4 Å². The number of halogens is 1. The fourth-order valence-corrected chi connectivity index (χ4v) is 4.52. The van der Waals surface area contributed by atoms with E-state index in [1.54, 1.807) is 11.0 Å². The first-order chi connectivity index (χ1) is 14.0. The van der Waals surface area contributed by atoms with E-state index in [0.717, 1.165) is 48.7 Å². The van der Waals surface area contributed by atoms with Gasteiger partial charge in [-0.05, 0) is 49.2 Å². The Bertz CT molecular complexity index is 1030. The molecule has 1 amide bonds. The number of morpholine rings is 1. The summed E-state index contributed by atoms with van der Waals surface area (Å²) in [5.41, 5.74) is 3.17. The third kappa shape index (κ3) is 4.32. The highest BCUT2D eigenvalue weighted by molar-refractivity contribution is 7.22. The Morgan fingerprint density at radius 1 is 1.21 bits per heavy atom. The van der Waals surface area contributed by atoms with Gasteiger partial charge in [0, 0.05) is 5.56 Å². The molecule has 1 aromatic heterocycles. The zero-order valence-corrected chi connectivity index (χ0v) is 17.5. The summed E-state index contributed by atoms with van der Waals surface area (Å²) < 4.78 is 20.4. The number of benzene rings is 2. The maximum Gasteiger partial charge on any atom is 0.260 e. The van der Waals surface area contributed by atoms with Crippen LogP contribution in [0.2, 0.25) is 0 Å². The first kappa shape index (κ1) is 19.9. The summed E-state index contributed by atoms with van der Waals surface area (Å²) in [6, 6.07) is 10.6. The topological polar surface area (TPSA) is 46.9 Å². The minimum Gasteiger partial charge on any atom is -0.370 e. The summed E-state index contributed by atoms with van der Waals surface area (Å²) in [5, 5.41) is 0.543. The van der Waals surface area contributed by atoms with E-state index < -0.39 is 0 Å². The molecule has 1 aliphatic rings. The number of hydrogen-bond acceptors (Lipinski definition) is 4. The van der Waals surface area contributed by atoms with Gasteiger partial charge in [0.2, 0.25) is 0 Å². The number of thiazole rings is 1. The quantitative estimate of drug-likeness (QED) is 0.698. The number of nitrogens with one attached hydrogen (secondary N) is 1. The highest BCUT2D eigenvalue weighted by Crippen LogP contribution is 2.31. The van der Waals surface area contributed by atoms with Crippen molar-refractivity contribution >= 4 is 32.6 Å². The lowest BCUT2D eigenvalue weighted by molar-refractivity contribution is -0.906. The van der Waals surface area contributed by atoms with Gasteiger partial charge in [-0.25, -0.2) is 9.37 Å². The highest BCUT2D eigenvalue weighted by Gasteiger charge is 2.25. The van der Waals surface area contributed by atoms with Crippen molar-refractivity contribution in [3.63, 3.8) is 0 Å². The molecule has 2 heterocycles. The number of amides is 1. The van der Waals surface area contributed by atoms with E-state index in [1.165, 1.54) is 22.3 Å². The molecule has 0 bridgehead atoms. The molecule has 0 atom stereocenters. The Kier molecular flexibility index (Phi) is 5.89. The van der Waals surface area contributed by atoms with Gasteiger partial charge in [0.05, 0.1) is 31.0 Å². The smallest absolute Gasteiger partial charge is 0.260 e. The van der Waals surface area contributed by atoms with Crippen molar-refractivity contribution in [2.45, 2.75) is 13.8 Å². The summed E-state index contributed by atoms with van der Waals surface area (Å²) >= 11 is 1.36. The van der Waals surface area contributed by atoms with Gasteiger partial charge in [-0.2, -0.15) is 0 Å². The Balaban J connectivity index is 1.66. The molecule has 2 aromatic carbocycles. The second-order valence-electron chi connectivity index (χ2n) is 7.45. The number of rotatable bonds is 5. The second kappa shape index (κ2) is 8.57. The van der Waals surface area contributed by atoms with Crippen molar-refractivity contribution < 1.29 is 18.8 Å². The van der Waals surface area contributed by atoms with Gasteiger partial charge < -0.3 is 9.64 Å². The molecule has 0 aliphatic carbocycles. The molecular formula is C22H25FN3O2S+. The lowest BCUT2D eigenvalue weighted by atomic mass is 10.1. The SMILES string of the molecule is Cc1ccc(C(=O)N(CC[NH+]2CCOCC2)c2nc3c(F)cccc3s2)cc1C. The van der Waals surface area contributed by atoms with E-state index >= 15 is 0 Å². The summed E-state index contributed by atoms with van der Waals surface area (Å²) in [6.45, 7) is 8.71. The van der Waals surface area contributed by atoms with Crippen molar-refractivity contribution in [3.8, 4) is 0 Å². The maximum atomic E-state index is 14.2. The monoisotopic (exact) mass is 414 g/mol. The lowest BCUT2D eigenvalue weighted by Gasteiger charge is -2.27.